The van der Waals surface area contributed by atoms with E-state index in [1.54, 1.807) is 6.92 Å². The molecule has 0 aromatic rings. The van der Waals surface area contributed by atoms with E-state index in [1.807, 2.05) is 0 Å². The van der Waals surface area contributed by atoms with Gasteiger partial charge in [0.2, 0.25) is 0 Å². The van der Waals surface area contributed by atoms with Crippen molar-refractivity contribution in [3.63, 3.8) is 0 Å². The first-order chi connectivity index (χ1) is 4.66. The fraction of sp³-hybridized carbons (Fsp3) is 1.00. The summed E-state index contributed by atoms with van der Waals surface area (Å²) in [7, 11) is -6.13. The molecule has 0 spiro atoms. The van der Waals surface area contributed by atoms with Crippen molar-refractivity contribution >= 4 is 16.5 Å². The maximum absolute atomic E-state index is 10.3. The van der Waals surface area contributed by atoms with Crippen molar-refractivity contribution < 1.29 is 27.9 Å². The molecule has 0 aromatic carbocycles. The highest BCUT2D eigenvalue weighted by molar-refractivity contribution is 7.46. The van der Waals surface area contributed by atoms with Gasteiger partial charge in [-0.3, -0.25) is 9.13 Å². The van der Waals surface area contributed by atoms with E-state index in [4.69, 9.17) is 4.89 Å². The Hall–Kier alpha value is 0.300. The van der Waals surface area contributed by atoms with Crippen LogP contribution in [0.25, 0.3) is 0 Å². The fourth-order valence-electron chi connectivity index (χ4n) is 0.195. The lowest BCUT2D eigenvalue weighted by molar-refractivity contribution is -0.202. The van der Waals surface area contributed by atoms with Crippen LogP contribution in [-0.2, 0) is 23.0 Å². The molecule has 0 saturated carbocycles. The third-order valence-electron chi connectivity index (χ3n) is 0.415. The Labute approximate surface area is 58.9 Å². The molecule has 0 bridgehead atoms. The predicted octanol–water partition coefficient (Wildman–Crippen LogP) is 0.743. The van der Waals surface area contributed by atoms with Crippen molar-refractivity contribution in [1.29, 1.82) is 0 Å². The van der Waals surface area contributed by atoms with Crippen molar-refractivity contribution in [2.24, 2.45) is 0 Å². The van der Waals surface area contributed by atoms with Crippen LogP contribution in [0.2, 0.25) is 0 Å². The van der Waals surface area contributed by atoms with Crippen LogP contribution in [0.1, 0.15) is 6.92 Å². The van der Waals surface area contributed by atoms with E-state index in [9.17, 15) is 9.13 Å². The fourth-order valence-corrected chi connectivity index (χ4v) is 1.12. The number of hydrogen-bond donors (Lipinski definition) is 1. The average molecular weight is 190 g/mol. The van der Waals surface area contributed by atoms with Gasteiger partial charge in [-0.15, -0.1) is 0 Å². The second-order valence-corrected chi connectivity index (χ2v) is 3.12. The minimum absolute atomic E-state index is 0.201. The first kappa shape index (κ1) is 10.3. The molecular formula is C2H8O6P2. The summed E-state index contributed by atoms with van der Waals surface area (Å²) in [6, 6.07) is 0. The molecule has 10 heavy (non-hydrogen) atoms. The highest BCUT2D eigenvalue weighted by atomic mass is 31.2. The molecule has 2 atom stereocenters. The lowest BCUT2D eigenvalue weighted by Crippen LogP contribution is -1.84. The molecule has 0 amide bonds. The van der Waals surface area contributed by atoms with Gasteiger partial charge in [0.1, 0.15) is 0 Å². The van der Waals surface area contributed by atoms with E-state index in [0.717, 1.165) is 0 Å². The Morgan fingerprint density at radius 3 is 2.50 bits per heavy atom. The van der Waals surface area contributed by atoms with Gasteiger partial charge in [0.25, 0.3) is 0 Å². The van der Waals surface area contributed by atoms with Crippen molar-refractivity contribution in [2.45, 2.75) is 6.92 Å². The smallest absolute Gasteiger partial charge is 0.326 e. The lowest BCUT2D eigenvalue weighted by atomic mass is 10.9. The van der Waals surface area contributed by atoms with Crippen LogP contribution in [0.4, 0.5) is 0 Å². The first-order valence-corrected chi connectivity index (χ1v) is 4.90. The number of rotatable bonds is 5. The zero-order valence-electron chi connectivity index (χ0n) is 5.20. The van der Waals surface area contributed by atoms with Crippen LogP contribution >= 0.6 is 16.5 Å². The summed E-state index contributed by atoms with van der Waals surface area (Å²) in [6.07, 6.45) is 0. The summed E-state index contributed by atoms with van der Waals surface area (Å²) in [4.78, 5) is 12.2. The summed E-state index contributed by atoms with van der Waals surface area (Å²) in [5.74, 6) is 0. The molecule has 0 heterocycles. The molecule has 1 N–H and O–H groups in total. The normalized spacial score (nSPS) is 16.6. The van der Waals surface area contributed by atoms with Crippen molar-refractivity contribution in [3.8, 4) is 0 Å². The van der Waals surface area contributed by atoms with Gasteiger partial charge in [0.15, 0.2) is 0 Å². The molecule has 0 rings (SSSR count). The van der Waals surface area contributed by atoms with Gasteiger partial charge in [-0.2, -0.15) is 4.67 Å². The summed E-state index contributed by atoms with van der Waals surface area (Å²) in [5, 5.41) is 0. The first-order valence-electron chi connectivity index (χ1n) is 2.41. The quantitative estimate of drug-likeness (QED) is 0.391. The highest BCUT2D eigenvalue weighted by Gasteiger charge is 2.02. The van der Waals surface area contributed by atoms with Crippen molar-refractivity contribution in [1.82, 2.24) is 0 Å². The van der Waals surface area contributed by atoms with E-state index in [1.165, 1.54) is 0 Å². The van der Waals surface area contributed by atoms with E-state index in [2.05, 4.69) is 13.9 Å². The van der Waals surface area contributed by atoms with E-state index in [0.29, 0.717) is 0 Å². The minimum Gasteiger partial charge on any atom is -0.326 e. The van der Waals surface area contributed by atoms with E-state index in [-0.39, 0.29) is 6.61 Å². The Morgan fingerprint density at radius 1 is 1.50 bits per heavy atom. The third-order valence-corrected chi connectivity index (χ3v) is 2.03. The molecule has 8 heteroatoms. The van der Waals surface area contributed by atoms with Gasteiger partial charge in [0.05, 0.1) is 6.61 Å². The van der Waals surface area contributed by atoms with Gasteiger partial charge in [-0.05, 0) is 6.92 Å². The molecule has 0 fully saturated rings. The van der Waals surface area contributed by atoms with Gasteiger partial charge >= 0.3 is 16.5 Å². The Balaban J connectivity index is 3.35. The van der Waals surface area contributed by atoms with Crippen molar-refractivity contribution in [2.75, 3.05) is 6.61 Å². The van der Waals surface area contributed by atoms with Gasteiger partial charge in [-0.1, -0.05) is 0 Å². The zero-order chi connectivity index (χ0) is 7.98. The second-order valence-electron chi connectivity index (χ2n) is 1.11. The topological polar surface area (TPSA) is 82.1 Å². The Kier molecular flexibility index (Phi) is 6.22. The number of hydrogen-bond acceptors (Lipinski definition) is 5. The minimum atomic E-state index is -3.19. The van der Waals surface area contributed by atoms with E-state index >= 15 is 0 Å². The SMILES string of the molecule is CCOO[PH](=O)O[PH](=O)O. The van der Waals surface area contributed by atoms with Gasteiger partial charge in [0, 0.05) is 0 Å². The molecule has 0 aliphatic heterocycles. The Bertz CT molecular complexity index is 134. The summed E-state index contributed by atoms with van der Waals surface area (Å²) in [6.45, 7) is 1.81. The molecule has 62 valence electrons. The van der Waals surface area contributed by atoms with Crippen LogP contribution in [0.5, 0.6) is 0 Å². The molecule has 6 nitrogen and oxygen atoms in total. The van der Waals surface area contributed by atoms with Crippen LogP contribution in [-0.4, -0.2) is 11.5 Å². The van der Waals surface area contributed by atoms with Crippen LogP contribution in [0, 0.1) is 0 Å². The molecule has 0 aliphatic rings. The van der Waals surface area contributed by atoms with E-state index < -0.39 is 16.5 Å². The predicted molar refractivity (Wildman–Crippen MR) is 34.0 cm³/mol. The molecule has 0 aromatic heterocycles. The lowest BCUT2D eigenvalue weighted by Gasteiger charge is -1.98. The maximum atomic E-state index is 10.3. The molecule has 0 radical (unpaired) electrons. The summed E-state index contributed by atoms with van der Waals surface area (Å²) < 4.78 is 28.0. The van der Waals surface area contributed by atoms with Crippen LogP contribution in [0.3, 0.4) is 0 Å². The monoisotopic (exact) mass is 190 g/mol. The summed E-state index contributed by atoms with van der Waals surface area (Å²) in [5.41, 5.74) is 0. The van der Waals surface area contributed by atoms with Crippen molar-refractivity contribution in [3.05, 3.63) is 0 Å². The summed E-state index contributed by atoms with van der Waals surface area (Å²) >= 11 is 0. The molecular weight excluding hydrogens is 182 g/mol. The van der Waals surface area contributed by atoms with Crippen LogP contribution in [0.15, 0.2) is 0 Å². The zero-order valence-corrected chi connectivity index (χ0v) is 7.20. The average Bonchev–Trinajstić information content (AvgIpc) is 1.82. The maximum Gasteiger partial charge on any atom is 0.353 e. The Morgan fingerprint density at radius 2 is 2.10 bits per heavy atom. The molecule has 0 aliphatic carbocycles. The second kappa shape index (κ2) is 6.04. The largest absolute Gasteiger partial charge is 0.353 e. The molecule has 0 saturated heterocycles. The molecule has 2 unspecified atom stereocenters. The highest BCUT2D eigenvalue weighted by Crippen LogP contribution is 2.35. The standard InChI is InChI=1S/C2H8O6P2/c1-2-6-7-10(5)8-9(3)4/h9-10H,2H2,1H3,(H,3,4). The van der Waals surface area contributed by atoms with Crippen LogP contribution < -0.4 is 0 Å². The van der Waals surface area contributed by atoms with Gasteiger partial charge < -0.3 is 4.89 Å². The third kappa shape index (κ3) is 6.42. The van der Waals surface area contributed by atoms with Gasteiger partial charge in [-0.25, -0.2) is 9.20 Å².